The maximum absolute atomic E-state index is 3.74. The highest BCUT2D eigenvalue weighted by Crippen LogP contribution is 2.68. The van der Waals surface area contributed by atoms with E-state index in [1.807, 2.05) is 0 Å². The van der Waals surface area contributed by atoms with E-state index in [4.69, 9.17) is 0 Å². The largest absolute Gasteiger partial charge is 0.111 e. The fourth-order valence-electron chi connectivity index (χ4n) is 5.98. The third-order valence-electron chi connectivity index (χ3n) is 10.2. The van der Waals surface area contributed by atoms with E-state index in [-0.39, 0.29) is 21.7 Å². The molecule has 2 aliphatic carbocycles. The van der Waals surface area contributed by atoms with E-state index in [0.717, 1.165) is 0 Å². The summed E-state index contributed by atoms with van der Waals surface area (Å²) in [6, 6.07) is 42.3. The second kappa shape index (κ2) is 11.0. The van der Waals surface area contributed by atoms with E-state index in [1.165, 1.54) is 44.5 Å². The first-order valence-electron chi connectivity index (χ1n) is 15.1. The van der Waals surface area contributed by atoms with Crippen molar-refractivity contribution in [2.45, 2.75) is 55.4 Å². The van der Waals surface area contributed by atoms with Crippen LogP contribution in [0.2, 0.25) is 0 Å². The predicted molar refractivity (Wildman–Crippen MR) is 180 cm³/mol. The third kappa shape index (κ3) is 5.42. The van der Waals surface area contributed by atoms with Crippen LogP contribution in [0.15, 0.2) is 144 Å². The molecular weight excluding hydrogens is 504 g/mol. The van der Waals surface area contributed by atoms with Gasteiger partial charge in [-0.2, -0.15) is 0 Å². The highest BCUT2D eigenvalue weighted by molar-refractivity contribution is 5.81. The van der Waals surface area contributed by atoms with E-state index in [2.05, 4.69) is 188 Å². The van der Waals surface area contributed by atoms with Crippen LogP contribution in [0.1, 0.15) is 77.6 Å². The van der Waals surface area contributed by atoms with Crippen molar-refractivity contribution < 1.29 is 0 Å². The fraction of sp³-hybridized carbons (Fsp3) is 0.286. The van der Waals surface area contributed by atoms with Crippen LogP contribution in [0.5, 0.6) is 0 Å². The van der Waals surface area contributed by atoms with Gasteiger partial charge in [0.25, 0.3) is 0 Å². The molecule has 0 spiro atoms. The van der Waals surface area contributed by atoms with Crippen molar-refractivity contribution in [2.75, 3.05) is 0 Å². The molecule has 2 fully saturated rings. The molecule has 0 radical (unpaired) electrons. The molecular formula is C42H44. The monoisotopic (exact) mass is 548 g/mol. The van der Waals surface area contributed by atoms with Gasteiger partial charge in [0, 0.05) is 32.8 Å². The number of hydrogen-bond donors (Lipinski definition) is 0. The summed E-state index contributed by atoms with van der Waals surface area (Å²) in [5.74, 6) is 0. The van der Waals surface area contributed by atoms with Crippen LogP contribution in [-0.4, -0.2) is 0 Å². The van der Waals surface area contributed by atoms with E-state index < -0.39 is 0 Å². The van der Waals surface area contributed by atoms with Crippen LogP contribution >= 0.6 is 0 Å². The Morgan fingerprint density at radius 3 is 0.690 bits per heavy atom. The first-order valence-corrected chi connectivity index (χ1v) is 15.1. The number of rotatable bonds is 4. The van der Waals surface area contributed by atoms with Gasteiger partial charge < -0.3 is 0 Å². The van der Waals surface area contributed by atoms with Crippen LogP contribution in [0.25, 0.3) is 11.1 Å². The van der Waals surface area contributed by atoms with Crippen molar-refractivity contribution in [1.29, 1.82) is 0 Å². The van der Waals surface area contributed by atoms with Gasteiger partial charge in [-0.25, -0.2) is 0 Å². The topological polar surface area (TPSA) is 0 Å². The standard InChI is InChI=1S/2C21H22/c2*1-20(2)19(21(20,3)4)15-18(16-11-7-5-8-12-16)17-13-9-6-10-14-17/h2*5-14H,1-4H3. The van der Waals surface area contributed by atoms with Crippen LogP contribution in [0.4, 0.5) is 0 Å². The Labute approximate surface area is 253 Å². The molecule has 2 saturated carbocycles. The first-order chi connectivity index (χ1) is 19.9. The average Bonchev–Trinajstić information content (AvgIpc) is 3.59. The van der Waals surface area contributed by atoms with Crippen LogP contribution < -0.4 is 0 Å². The van der Waals surface area contributed by atoms with Crippen molar-refractivity contribution in [1.82, 2.24) is 0 Å². The van der Waals surface area contributed by atoms with E-state index >= 15 is 0 Å². The molecule has 4 aromatic rings. The van der Waals surface area contributed by atoms with Gasteiger partial charge in [-0.3, -0.25) is 0 Å². The molecule has 0 N–H and O–H groups in total. The van der Waals surface area contributed by atoms with Gasteiger partial charge in [-0.05, 0) is 33.4 Å². The number of allylic oxidation sites excluding steroid dienone is 2. The summed E-state index contributed by atoms with van der Waals surface area (Å²) in [4.78, 5) is 0. The summed E-state index contributed by atoms with van der Waals surface area (Å²) in [5.41, 5.74) is 18.6. The molecule has 42 heavy (non-hydrogen) atoms. The van der Waals surface area contributed by atoms with E-state index in [0.29, 0.717) is 0 Å². The first kappa shape index (κ1) is 29.4. The SMILES string of the molecule is CC1(C)C(=C=C(c2ccccc2)c2ccccc2)C1(C)C.CC1(C)C(=C=C(c2ccccc2)c2ccccc2)C1(C)C. The fourth-order valence-corrected chi connectivity index (χ4v) is 5.98. The summed E-state index contributed by atoms with van der Waals surface area (Å²) in [5, 5.41) is 0. The summed E-state index contributed by atoms with van der Waals surface area (Å²) in [6.07, 6.45) is 0. The Kier molecular flexibility index (Phi) is 7.68. The zero-order chi connectivity index (χ0) is 30.2. The van der Waals surface area contributed by atoms with Gasteiger partial charge in [-0.1, -0.05) is 177 Å². The summed E-state index contributed by atoms with van der Waals surface area (Å²) in [6.45, 7) is 18.5. The normalized spacial score (nSPS) is 18.0. The quantitative estimate of drug-likeness (QED) is 0.222. The van der Waals surface area contributed by atoms with E-state index in [9.17, 15) is 0 Å². The minimum Gasteiger partial charge on any atom is -0.111 e. The molecule has 0 atom stereocenters. The highest BCUT2D eigenvalue weighted by Gasteiger charge is 2.60. The molecule has 0 unspecified atom stereocenters. The second-order valence-corrected chi connectivity index (χ2v) is 13.7. The van der Waals surface area contributed by atoms with Gasteiger partial charge in [-0.15, -0.1) is 11.5 Å². The maximum Gasteiger partial charge on any atom is 0.0309 e. The lowest BCUT2D eigenvalue weighted by atomic mass is 9.98. The Bertz CT molecular complexity index is 1430. The van der Waals surface area contributed by atoms with Crippen LogP contribution in [0, 0.1) is 21.7 Å². The van der Waals surface area contributed by atoms with Crippen molar-refractivity contribution in [3.8, 4) is 0 Å². The Balaban J connectivity index is 0.000000168. The molecule has 0 saturated heterocycles. The van der Waals surface area contributed by atoms with E-state index in [1.54, 1.807) is 0 Å². The zero-order valence-corrected chi connectivity index (χ0v) is 26.5. The lowest BCUT2D eigenvalue weighted by molar-refractivity contribution is 0.457. The van der Waals surface area contributed by atoms with Gasteiger partial charge in [0.1, 0.15) is 0 Å². The Morgan fingerprint density at radius 2 is 0.524 bits per heavy atom. The molecule has 2 aliphatic rings. The highest BCUT2D eigenvalue weighted by atomic mass is 14.6. The van der Waals surface area contributed by atoms with Gasteiger partial charge >= 0.3 is 0 Å². The molecule has 0 heterocycles. The molecule has 0 nitrogen and oxygen atoms in total. The van der Waals surface area contributed by atoms with Crippen molar-refractivity contribution >= 4 is 11.1 Å². The van der Waals surface area contributed by atoms with Gasteiger partial charge in [0.05, 0.1) is 0 Å². The lowest BCUT2D eigenvalue weighted by Crippen LogP contribution is -1.95. The zero-order valence-electron chi connectivity index (χ0n) is 26.5. The smallest absolute Gasteiger partial charge is 0.0309 e. The van der Waals surface area contributed by atoms with Crippen molar-refractivity contribution in [3.63, 3.8) is 0 Å². The summed E-state index contributed by atoms with van der Waals surface area (Å²) < 4.78 is 0. The van der Waals surface area contributed by atoms with Crippen LogP contribution in [0.3, 0.4) is 0 Å². The van der Waals surface area contributed by atoms with Gasteiger partial charge in [0.15, 0.2) is 0 Å². The third-order valence-corrected chi connectivity index (χ3v) is 10.2. The molecule has 0 aromatic heterocycles. The molecule has 0 bridgehead atoms. The molecule has 212 valence electrons. The lowest BCUT2D eigenvalue weighted by Gasteiger charge is -2.05. The average molecular weight is 549 g/mol. The molecule has 4 aromatic carbocycles. The second-order valence-electron chi connectivity index (χ2n) is 13.7. The minimum absolute atomic E-state index is 0.238. The number of benzene rings is 4. The Hall–Kier alpha value is -4.08. The Morgan fingerprint density at radius 1 is 0.333 bits per heavy atom. The van der Waals surface area contributed by atoms with Crippen molar-refractivity contribution in [3.05, 3.63) is 166 Å². The molecule has 6 rings (SSSR count). The van der Waals surface area contributed by atoms with Crippen molar-refractivity contribution in [2.24, 2.45) is 21.7 Å². The molecule has 0 aliphatic heterocycles. The molecule has 0 amide bonds. The maximum atomic E-state index is 3.74. The predicted octanol–water partition coefficient (Wildman–Crippen LogP) is 11.4. The van der Waals surface area contributed by atoms with Gasteiger partial charge in [0.2, 0.25) is 0 Å². The minimum atomic E-state index is 0.238. The molecule has 0 heteroatoms. The summed E-state index contributed by atoms with van der Waals surface area (Å²) >= 11 is 0. The number of hydrogen-bond acceptors (Lipinski definition) is 0. The van der Waals surface area contributed by atoms with Crippen LogP contribution in [-0.2, 0) is 0 Å². The summed E-state index contributed by atoms with van der Waals surface area (Å²) in [7, 11) is 0.